The number of amides is 1. The molecule has 0 radical (unpaired) electrons. The monoisotopic (exact) mass is 431 g/mol. The molecule has 0 aliphatic carbocycles. The predicted molar refractivity (Wildman–Crippen MR) is 93.8 cm³/mol. The van der Waals surface area contributed by atoms with Gasteiger partial charge in [-0.3, -0.25) is 4.79 Å². The van der Waals surface area contributed by atoms with E-state index in [9.17, 15) is 4.79 Å². The summed E-state index contributed by atoms with van der Waals surface area (Å²) < 4.78 is 3.74. The number of nitrogens with zero attached hydrogens (tertiary/aromatic N) is 2. The van der Waals surface area contributed by atoms with Crippen molar-refractivity contribution >= 4 is 55.2 Å². The van der Waals surface area contributed by atoms with Crippen LogP contribution in [0.15, 0.2) is 38.6 Å². The molecule has 0 saturated heterocycles. The number of hydrogen-bond acceptors (Lipinski definition) is 3. The molecule has 1 heterocycles. The lowest BCUT2D eigenvalue weighted by Crippen LogP contribution is -2.15. The molecule has 1 amide bonds. The fourth-order valence-electron chi connectivity index (χ4n) is 1.80. The molecule has 0 atom stereocenters. The zero-order chi connectivity index (χ0) is 15.4. The summed E-state index contributed by atoms with van der Waals surface area (Å²) in [5.74, 6) is 0.264. The van der Waals surface area contributed by atoms with Gasteiger partial charge < -0.3 is 9.88 Å². The minimum atomic E-state index is -0.0593. The maximum Gasteiger partial charge on any atom is 0.234 e. The van der Waals surface area contributed by atoms with E-state index in [1.54, 1.807) is 6.20 Å². The summed E-state index contributed by atoms with van der Waals surface area (Å²) in [5, 5.41) is 3.77. The zero-order valence-electron chi connectivity index (χ0n) is 11.7. The Morgan fingerprint density at radius 1 is 1.38 bits per heavy atom. The summed E-state index contributed by atoms with van der Waals surface area (Å²) in [4.78, 5) is 16.3. The van der Waals surface area contributed by atoms with Gasteiger partial charge in [0.1, 0.15) is 0 Å². The largest absolute Gasteiger partial charge is 0.326 e. The fourth-order valence-corrected chi connectivity index (χ4v) is 4.24. The lowest BCUT2D eigenvalue weighted by molar-refractivity contribution is -0.113. The van der Waals surface area contributed by atoms with E-state index < -0.39 is 0 Å². The Bertz CT molecular complexity index is 634. The molecule has 0 saturated carbocycles. The molecule has 0 fully saturated rings. The lowest BCUT2D eigenvalue weighted by Gasteiger charge is -2.11. The Hall–Kier alpha value is -0.790. The first-order valence-corrected chi connectivity index (χ1v) is 8.98. The first-order chi connectivity index (χ1) is 10.0. The average molecular weight is 433 g/mol. The van der Waals surface area contributed by atoms with E-state index in [0.29, 0.717) is 5.75 Å². The Morgan fingerprint density at radius 3 is 2.67 bits per heavy atom. The molecular formula is C14H15Br2N3OS. The normalized spacial score (nSPS) is 10.7. The van der Waals surface area contributed by atoms with Gasteiger partial charge in [-0.2, -0.15) is 0 Å². The number of anilines is 1. The van der Waals surface area contributed by atoms with Crippen molar-refractivity contribution in [2.75, 3.05) is 11.1 Å². The van der Waals surface area contributed by atoms with Gasteiger partial charge in [-0.25, -0.2) is 4.98 Å². The standard InChI is InChI=1S/C14H15Br2N3OS/c1-3-19-5-4-17-14(19)21-8-12(20)18-13-10(15)6-9(2)7-11(13)16/h4-7H,3,8H2,1-2H3,(H,18,20). The van der Waals surface area contributed by atoms with E-state index in [4.69, 9.17) is 0 Å². The second-order valence-electron chi connectivity index (χ2n) is 4.44. The molecule has 7 heteroatoms. The first-order valence-electron chi connectivity index (χ1n) is 6.40. The molecule has 0 aliphatic heterocycles. The molecule has 1 aromatic carbocycles. The van der Waals surface area contributed by atoms with Gasteiger partial charge in [-0.05, 0) is 63.4 Å². The molecule has 112 valence electrons. The van der Waals surface area contributed by atoms with Gasteiger partial charge in [0.05, 0.1) is 11.4 Å². The van der Waals surface area contributed by atoms with Crippen LogP contribution in [0, 0.1) is 6.92 Å². The Balaban J connectivity index is 1.99. The van der Waals surface area contributed by atoms with Crippen LogP contribution in [-0.2, 0) is 11.3 Å². The molecule has 2 aromatic rings. The molecule has 1 N–H and O–H groups in total. The van der Waals surface area contributed by atoms with Crippen molar-refractivity contribution in [3.63, 3.8) is 0 Å². The second kappa shape index (κ2) is 7.47. The van der Waals surface area contributed by atoms with Gasteiger partial charge >= 0.3 is 0 Å². The number of hydrogen-bond donors (Lipinski definition) is 1. The van der Waals surface area contributed by atoms with Crippen LogP contribution in [0.1, 0.15) is 12.5 Å². The van der Waals surface area contributed by atoms with E-state index in [1.807, 2.05) is 36.7 Å². The summed E-state index contributed by atoms with van der Waals surface area (Å²) in [6.07, 6.45) is 3.66. The third-order valence-corrected chi connectivity index (χ3v) is 5.06. The highest BCUT2D eigenvalue weighted by molar-refractivity contribution is 9.11. The van der Waals surface area contributed by atoms with Gasteiger partial charge in [-0.15, -0.1) is 0 Å². The summed E-state index contributed by atoms with van der Waals surface area (Å²) >= 11 is 8.37. The van der Waals surface area contributed by atoms with Crippen molar-refractivity contribution in [2.45, 2.75) is 25.5 Å². The van der Waals surface area contributed by atoms with E-state index in [0.717, 1.165) is 31.9 Å². The molecule has 0 bridgehead atoms. The maximum absolute atomic E-state index is 12.1. The van der Waals surface area contributed by atoms with Crippen LogP contribution in [-0.4, -0.2) is 21.2 Å². The van der Waals surface area contributed by atoms with Crippen LogP contribution in [0.3, 0.4) is 0 Å². The van der Waals surface area contributed by atoms with Crippen molar-refractivity contribution < 1.29 is 4.79 Å². The minimum Gasteiger partial charge on any atom is -0.326 e. The van der Waals surface area contributed by atoms with Gasteiger partial charge in [-0.1, -0.05) is 11.8 Å². The number of aryl methyl sites for hydroxylation is 2. The summed E-state index contributed by atoms with van der Waals surface area (Å²) in [6.45, 7) is 4.90. The van der Waals surface area contributed by atoms with Crippen molar-refractivity contribution in [1.29, 1.82) is 0 Å². The number of imidazole rings is 1. The van der Waals surface area contributed by atoms with Crippen LogP contribution in [0.25, 0.3) is 0 Å². The van der Waals surface area contributed by atoms with E-state index in [1.165, 1.54) is 11.8 Å². The number of benzene rings is 1. The van der Waals surface area contributed by atoms with E-state index in [-0.39, 0.29) is 5.91 Å². The molecule has 4 nitrogen and oxygen atoms in total. The lowest BCUT2D eigenvalue weighted by atomic mass is 10.2. The van der Waals surface area contributed by atoms with Gasteiger partial charge in [0.2, 0.25) is 5.91 Å². The van der Waals surface area contributed by atoms with Crippen LogP contribution in [0.2, 0.25) is 0 Å². The van der Waals surface area contributed by atoms with Gasteiger partial charge in [0.25, 0.3) is 0 Å². The Morgan fingerprint density at radius 2 is 2.05 bits per heavy atom. The molecule has 0 spiro atoms. The quantitative estimate of drug-likeness (QED) is 0.709. The SMILES string of the molecule is CCn1ccnc1SCC(=O)Nc1c(Br)cc(C)cc1Br. The highest BCUT2D eigenvalue weighted by Crippen LogP contribution is 2.32. The number of carbonyl (C=O) groups is 1. The number of carbonyl (C=O) groups excluding carboxylic acids is 1. The summed E-state index contributed by atoms with van der Waals surface area (Å²) in [5.41, 5.74) is 1.87. The minimum absolute atomic E-state index is 0.0593. The van der Waals surface area contributed by atoms with E-state index >= 15 is 0 Å². The van der Waals surface area contributed by atoms with Gasteiger partial charge in [0, 0.05) is 27.9 Å². The highest BCUT2D eigenvalue weighted by atomic mass is 79.9. The van der Waals surface area contributed by atoms with E-state index in [2.05, 4.69) is 42.2 Å². The second-order valence-corrected chi connectivity index (χ2v) is 7.09. The third-order valence-electron chi connectivity index (χ3n) is 2.80. The molecule has 0 aliphatic rings. The topological polar surface area (TPSA) is 46.9 Å². The average Bonchev–Trinajstić information content (AvgIpc) is 2.88. The Kier molecular flexibility index (Phi) is 5.89. The zero-order valence-corrected chi connectivity index (χ0v) is 15.7. The predicted octanol–water partition coefficient (Wildman–Crippen LogP) is 4.47. The van der Waals surface area contributed by atoms with Gasteiger partial charge in [0.15, 0.2) is 5.16 Å². The van der Waals surface area contributed by atoms with Crippen LogP contribution < -0.4 is 5.32 Å². The summed E-state index contributed by atoms with van der Waals surface area (Å²) in [6, 6.07) is 3.94. The number of halogens is 2. The smallest absolute Gasteiger partial charge is 0.234 e. The third kappa shape index (κ3) is 4.34. The Labute approximate surface area is 145 Å². The summed E-state index contributed by atoms with van der Waals surface area (Å²) in [7, 11) is 0. The molecular weight excluding hydrogens is 418 g/mol. The van der Waals surface area contributed by atoms with Crippen molar-refractivity contribution in [3.05, 3.63) is 39.0 Å². The number of thioether (sulfide) groups is 1. The number of nitrogens with one attached hydrogen (secondary N) is 1. The van der Waals surface area contributed by atoms with Crippen LogP contribution in [0.5, 0.6) is 0 Å². The van der Waals surface area contributed by atoms with Crippen molar-refractivity contribution in [2.24, 2.45) is 0 Å². The first kappa shape index (κ1) is 16.6. The van der Waals surface area contributed by atoms with Crippen LogP contribution >= 0.6 is 43.6 Å². The van der Waals surface area contributed by atoms with Crippen molar-refractivity contribution in [3.8, 4) is 0 Å². The number of aromatic nitrogens is 2. The number of rotatable bonds is 5. The molecule has 21 heavy (non-hydrogen) atoms. The molecule has 0 unspecified atom stereocenters. The van der Waals surface area contributed by atoms with Crippen LogP contribution in [0.4, 0.5) is 5.69 Å². The molecule has 2 rings (SSSR count). The highest BCUT2D eigenvalue weighted by Gasteiger charge is 2.12. The van der Waals surface area contributed by atoms with Crippen molar-refractivity contribution in [1.82, 2.24) is 9.55 Å². The fraction of sp³-hybridized carbons (Fsp3) is 0.286. The molecule has 1 aromatic heterocycles. The maximum atomic E-state index is 12.1.